The Kier molecular flexibility index (Phi) is 2.33. The van der Waals surface area contributed by atoms with Crippen molar-refractivity contribution >= 4 is 27.5 Å². The van der Waals surface area contributed by atoms with Crippen LogP contribution >= 0.6 is 27.5 Å². The van der Waals surface area contributed by atoms with E-state index in [4.69, 9.17) is 11.6 Å². The first-order valence-electron chi connectivity index (χ1n) is 3.60. The fourth-order valence-corrected chi connectivity index (χ4v) is 1.49. The summed E-state index contributed by atoms with van der Waals surface area (Å²) in [5.74, 6) is 0. The van der Waals surface area contributed by atoms with Crippen molar-refractivity contribution in [2.24, 2.45) is 0 Å². The van der Waals surface area contributed by atoms with Crippen LogP contribution in [0.15, 0.2) is 35.1 Å². The summed E-state index contributed by atoms with van der Waals surface area (Å²) in [5, 5.41) is 8.34. The fourth-order valence-electron chi connectivity index (χ4n) is 0.999. The largest absolute Gasteiger partial charge is 0.218 e. The number of benzene rings is 1. The summed E-state index contributed by atoms with van der Waals surface area (Å²) in [7, 11) is 0. The minimum Gasteiger partial charge on any atom is -0.218 e. The average molecular weight is 259 g/mol. The molecule has 0 bridgehead atoms. The summed E-state index contributed by atoms with van der Waals surface area (Å²) in [5.41, 5.74) is 0.822. The second-order valence-corrected chi connectivity index (χ2v) is 3.66. The molecule has 0 aliphatic rings. The van der Waals surface area contributed by atoms with E-state index in [-0.39, 0.29) is 0 Å². The molecule has 0 aliphatic heterocycles. The van der Waals surface area contributed by atoms with Crippen molar-refractivity contribution in [1.29, 1.82) is 0 Å². The van der Waals surface area contributed by atoms with Crippen LogP contribution < -0.4 is 0 Å². The highest BCUT2D eigenvalue weighted by Crippen LogP contribution is 2.19. The lowest BCUT2D eigenvalue weighted by Gasteiger charge is -2.00. The van der Waals surface area contributed by atoms with E-state index < -0.39 is 0 Å². The number of nitrogens with zero attached hydrogens (tertiary/aromatic N) is 3. The molecular weight excluding hydrogens is 253 g/mol. The van der Waals surface area contributed by atoms with Crippen molar-refractivity contribution in [2.75, 3.05) is 0 Å². The van der Waals surface area contributed by atoms with Gasteiger partial charge in [0, 0.05) is 0 Å². The predicted molar refractivity (Wildman–Crippen MR) is 54.1 cm³/mol. The van der Waals surface area contributed by atoms with Gasteiger partial charge in [-0.25, -0.2) is 4.68 Å². The molecule has 0 atom stereocenters. The monoisotopic (exact) mass is 257 g/mol. The van der Waals surface area contributed by atoms with Crippen LogP contribution in [0.1, 0.15) is 0 Å². The molecule has 0 N–H and O–H groups in total. The van der Waals surface area contributed by atoms with Gasteiger partial charge in [-0.15, -0.1) is 5.10 Å². The smallest absolute Gasteiger partial charge is 0.148 e. The van der Waals surface area contributed by atoms with Crippen LogP contribution in [0.3, 0.4) is 0 Å². The molecule has 0 fully saturated rings. The zero-order valence-corrected chi connectivity index (χ0v) is 8.83. The molecular formula is C8H5BrClN3. The first-order chi connectivity index (χ1) is 6.27. The molecule has 5 heteroatoms. The summed E-state index contributed by atoms with van der Waals surface area (Å²) in [6.07, 6.45) is 1.75. The highest BCUT2D eigenvalue weighted by Gasteiger charge is 2.03. The molecule has 2 aromatic rings. The predicted octanol–water partition coefficient (Wildman–Crippen LogP) is 2.68. The molecule has 0 unspecified atom stereocenters. The molecule has 66 valence electrons. The fraction of sp³-hybridized carbons (Fsp3) is 0. The molecule has 0 saturated heterocycles. The lowest BCUT2D eigenvalue weighted by Crippen LogP contribution is -1.95. The normalized spacial score (nSPS) is 10.3. The Morgan fingerprint density at radius 2 is 2.08 bits per heavy atom. The van der Waals surface area contributed by atoms with Crippen LogP contribution in [0, 0.1) is 0 Å². The van der Waals surface area contributed by atoms with Crippen molar-refractivity contribution in [3.05, 3.63) is 40.1 Å². The van der Waals surface area contributed by atoms with E-state index in [9.17, 15) is 0 Å². The summed E-state index contributed by atoms with van der Waals surface area (Å²) in [4.78, 5) is 0. The van der Waals surface area contributed by atoms with Crippen LogP contribution in [0.2, 0.25) is 5.02 Å². The molecule has 1 aromatic heterocycles. The number of hydrogen-bond acceptors (Lipinski definition) is 2. The van der Waals surface area contributed by atoms with Crippen molar-refractivity contribution in [1.82, 2.24) is 15.0 Å². The molecule has 3 nitrogen and oxygen atoms in total. The van der Waals surface area contributed by atoms with Gasteiger partial charge < -0.3 is 0 Å². The maximum atomic E-state index is 5.96. The zero-order chi connectivity index (χ0) is 9.26. The van der Waals surface area contributed by atoms with Gasteiger partial charge in [-0.05, 0) is 28.1 Å². The minimum absolute atomic E-state index is 0.653. The number of halogens is 2. The Morgan fingerprint density at radius 1 is 1.31 bits per heavy atom. The van der Waals surface area contributed by atoms with E-state index >= 15 is 0 Å². The van der Waals surface area contributed by atoms with Gasteiger partial charge in [0.1, 0.15) is 4.60 Å². The maximum Gasteiger partial charge on any atom is 0.148 e. The summed E-state index contributed by atoms with van der Waals surface area (Å²) >= 11 is 9.18. The lowest BCUT2D eigenvalue weighted by molar-refractivity contribution is 0.802. The van der Waals surface area contributed by atoms with Gasteiger partial charge in [-0.2, -0.15) is 0 Å². The average Bonchev–Trinajstić information content (AvgIpc) is 2.53. The van der Waals surface area contributed by atoms with Crippen LogP contribution in [0.4, 0.5) is 0 Å². The molecule has 0 amide bonds. The molecule has 1 heterocycles. The first kappa shape index (κ1) is 8.72. The molecule has 2 rings (SSSR count). The van der Waals surface area contributed by atoms with Crippen molar-refractivity contribution in [2.45, 2.75) is 0 Å². The molecule has 13 heavy (non-hydrogen) atoms. The van der Waals surface area contributed by atoms with E-state index in [0.29, 0.717) is 9.63 Å². The van der Waals surface area contributed by atoms with Crippen LogP contribution in [-0.2, 0) is 0 Å². The van der Waals surface area contributed by atoms with E-state index in [1.807, 2.05) is 24.3 Å². The Balaban J connectivity index is 2.52. The van der Waals surface area contributed by atoms with Crippen molar-refractivity contribution < 1.29 is 0 Å². The maximum absolute atomic E-state index is 5.96. The third kappa shape index (κ3) is 1.73. The minimum atomic E-state index is 0.653. The van der Waals surface area contributed by atoms with Gasteiger partial charge in [0.2, 0.25) is 0 Å². The number of hydrogen-bond donors (Lipinski definition) is 0. The van der Waals surface area contributed by atoms with Gasteiger partial charge in [0.15, 0.2) is 0 Å². The summed E-state index contributed by atoms with van der Waals surface area (Å²) < 4.78 is 2.30. The standard InChI is InChI=1S/C8H5BrClN3/c9-8-5-13(12-11-8)7-4-2-1-3-6(7)10/h1-5H. The summed E-state index contributed by atoms with van der Waals surface area (Å²) in [6, 6.07) is 7.46. The van der Waals surface area contributed by atoms with Crippen LogP contribution in [-0.4, -0.2) is 15.0 Å². The van der Waals surface area contributed by atoms with Crippen molar-refractivity contribution in [3.63, 3.8) is 0 Å². The first-order valence-corrected chi connectivity index (χ1v) is 4.77. The van der Waals surface area contributed by atoms with Crippen LogP contribution in [0.5, 0.6) is 0 Å². The molecule has 0 saturated carbocycles. The van der Waals surface area contributed by atoms with Gasteiger partial charge >= 0.3 is 0 Å². The van der Waals surface area contributed by atoms with Crippen LogP contribution in [0.25, 0.3) is 5.69 Å². The number of para-hydroxylation sites is 1. The van der Waals surface area contributed by atoms with Gasteiger partial charge in [0.25, 0.3) is 0 Å². The lowest BCUT2D eigenvalue weighted by atomic mass is 10.3. The Bertz CT molecular complexity index is 427. The number of rotatable bonds is 1. The zero-order valence-electron chi connectivity index (χ0n) is 6.48. The Hall–Kier alpha value is -0.870. The second kappa shape index (κ2) is 3.47. The molecule has 0 aliphatic carbocycles. The van der Waals surface area contributed by atoms with Gasteiger partial charge in [0.05, 0.1) is 16.9 Å². The van der Waals surface area contributed by atoms with E-state index in [2.05, 4.69) is 26.2 Å². The Labute approximate surface area is 88.5 Å². The van der Waals surface area contributed by atoms with Gasteiger partial charge in [-0.3, -0.25) is 0 Å². The second-order valence-electron chi connectivity index (χ2n) is 2.44. The van der Waals surface area contributed by atoms with E-state index in [0.717, 1.165) is 5.69 Å². The third-order valence-corrected chi connectivity index (χ3v) is 2.25. The topological polar surface area (TPSA) is 30.7 Å². The van der Waals surface area contributed by atoms with Crippen molar-refractivity contribution in [3.8, 4) is 5.69 Å². The highest BCUT2D eigenvalue weighted by atomic mass is 79.9. The quantitative estimate of drug-likeness (QED) is 0.787. The highest BCUT2D eigenvalue weighted by molar-refractivity contribution is 9.10. The molecule has 1 aromatic carbocycles. The van der Waals surface area contributed by atoms with E-state index in [1.54, 1.807) is 10.9 Å². The molecule has 0 radical (unpaired) electrons. The van der Waals surface area contributed by atoms with E-state index in [1.165, 1.54) is 0 Å². The number of aromatic nitrogens is 3. The van der Waals surface area contributed by atoms with Gasteiger partial charge in [-0.1, -0.05) is 28.9 Å². The Morgan fingerprint density at radius 3 is 2.69 bits per heavy atom. The summed E-state index contributed by atoms with van der Waals surface area (Å²) in [6.45, 7) is 0. The molecule has 0 spiro atoms. The SMILES string of the molecule is Clc1ccccc1-n1cc(Br)nn1. The third-order valence-electron chi connectivity index (χ3n) is 1.56.